The van der Waals surface area contributed by atoms with Gasteiger partial charge in [0.1, 0.15) is 0 Å². The number of carbonyl (C=O) groups excluding carboxylic acids is 1. The summed E-state index contributed by atoms with van der Waals surface area (Å²) in [6.07, 6.45) is 2.27. The molecule has 0 saturated carbocycles. The van der Waals surface area contributed by atoms with Gasteiger partial charge in [-0.05, 0) is 22.6 Å². The third kappa shape index (κ3) is 2.37. The number of aliphatic carboxylic acids is 1. The highest BCUT2D eigenvalue weighted by Gasteiger charge is 2.40. The molecule has 1 aliphatic rings. The molecule has 0 aliphatic carbocycles. The monoisotopic (exact) mass is 362 g/mol. The lowest BCUT2D eigenvalue weighted by atomic mass is 10.1. The van der Waals surface area contributed by atoms with Crippen LogP contribution in [0.1, 0.15) is 0 Å². The van der Waals surface area contributed by atoms with Gasteiger partial charge < -0.3 is 10.8 Å². The minimum Gasteiger partial charge on any atom is -0.478 e. The first kappa shape index (κ1) is 12.6. The second-order valence-electron chi connectivity index (χ2n) is 2.64. The van der Waals surface area contributed by atoms with E-state index < -0.39 is 16.3 Å². The van der Waals surface area contributed by atoms with Gasteiger partial charge >= 0.3 is 12.0 Å². The van der Waals surface area contributed by atoms with E-state index in [1.807, 2.05) is 0 Å². The average molecular weight is 363 g/mol. The van der Waals surface area contributed by atoms with Crippen LogP contribution in [0, 0.1) is 0 Å². The van der Waals surface area contributed by atoms with E-state index in [1.54, 1.807) is 22.6 Å². The molecule has 0 aromatic heterocycles. The summed E-state index contributed by atoms with van der Waals surface area (Å²) < 4.78 is -1.37. The Labute approximate surface area is 109 Å². The van der Waals surface area contributed by atoms with E-state index in [9.17, 15) is 9.59 Å². The van der Waals surface area contributed by atoms with Crippen molar-refractivity contribution in [1.82, 2.24) is 4.90 Å². The van der Waals surface area contributed by atoms with Crippen LogP contribution in [0.2, 0.25) is 0 Å². The van der Waals surface area contributed by atoms with E-state index in [2.05, 4.69) is 0 Å². The number of carbonyl (C=O) groups is 2. The number of carboxylic acids is 1. The zero-order valence-electron chi connectivity index (χ0n) is 7.08. The van der Waals surface area contributed by atoms with E-state index >= 15 is 0 Å². The number of nitrogens with two attached hydrogens (primary N) is 1. The minimum atomic E-state index is -1.65. The number of hydrogen-bond acceptors (Lipinski definition) is 2. The Morgan fingerprint density at radius 2 is 2.00 bits per heavy atom. The molecule has 0 spiro atoms. The van der Waals surface area contributed by atoms with Gasteiger partial charge in [0.2, 0.25) is 0 Å². The number of urea groups is 1. The summed E-state index contributed by atoms with van der Waals surface area (Å²) in [4.78, 5) is 22.6. The lowest BCUT2D eigenvalue weighted by Gasteiger charge is -2.27. The molecular formula is C7H5Cl2IN2O3. The fourth-order valence-electron chi connectivity index (χ4n) is 0.906. The van der Waals surface area contributed by atoms with E-state index in [4.69, 9.17) is 34.0 Å². The normalized spacial score (nSPS) is 19.3. The topological polar surface area (TPSA) is 83.6 Å². The average Bonchev–Trinajstić information content (AvgIpc) is 2.08. The van der Waals surface area contributed by atoms with Crippen LogP contribution in [-0.4, -0.2) is 26.3 Å². The van der Waals surface area contributed by atoms with Crippen LogP contribution in [0.5, 0.6) is 0 Å². The van der Waals surface area contributed by atoms with Crippen LogP contribution in [0.3, 0.4) is 0 Å². The number of halogens is 3. The van der Waals surface area contributed by atoms with Crippen molar-refractivity contribution in [2.75, 3.05) is 0 Å². The van der Waals surface area contributed by atoms with E-state index in [1.165, 1.54) is 6.20 Å². The highest BCUT2D eigenvalue weighted by molar-refractivity contribution is 14.1. The maximum absolute atomic E-state index is 10.9. The van der Waals surface area contributed by atoms with Crippen molar-refractivity contribution in [2.45, 2.75) is 4.33 Å². The highest BCUT2D eigenvalue weighted by Crippen LogP contribution is 2.43. The first-order valence-electron chi connectivity index (χ1n) is 3.55. The van der Waals surface area contributed by atoms with Crippen molar-refractivity contribution in [1.29, 1.82) is 0 Å². The van der Waals surface area contributed by atoms with Crippen molar-refractivity contribution < 1.29 is 14.7 Å². The molecule has 3 N–H and O–H groups in total. The summed E-state index contributed by atoms with van der Waals surface area (Å²) >= 11 is 13.4. The molecule has 2 amide bonds. The third-order valence-corrected chi connectivity index (χ3v) is 4.18. The molecule has 5 nitrogen and oxygen atoms in total. The van der Waals surface area contributed by atoms with Gasteiger partial charge in [-0.1, -0.05) is 23.2 Å². The number of carboxylic acid groups (broad SMARTS) is 1. The van der Waals surface area contributed by atoms with Gasteiger partial charge in [-0.15, -0.1) is 0 Å². The molecule has 0 atom stereocenters. The lowest BCUT2D eigenvalue weighted by Crippen LogP contribution is -2.35. The van der Waals surface area contributed by atoms with Crippen molar-refractivity contribution in [3.8, 4) is 0 Å². The van der Waals surface area contributed by atoms with E-state index in [0.29, 0.717) is 0 Å². The molecule has 1 rings (SSSR count). The quantitative estimate of drug-likeness (QED) is 0.551. The van der Waals surface area contributed by atoms with Gasteiger partial charge in [0.05, 0.1) is 5.57 Å². The fraction of sp³-hybridized carbons (Fsp3) is 0.143. The van der Waals surface area contributed by atoms with Crippen LogP contribution in [-0.2, 0) is 4.79 Å². The van der Waals surface area contributed by atoms with Crippen LogP contribution in [0.15, 0.2) is 21.6 Å². The Morgan fingerprint density at radius 3 is 2.40 bits per heavy atom. The maximum atomic E-state index is 10.9. The first-order valence-corrected chi connectivity index (χ1v) is 5.39. The number of allylic oxidation sites excluding steroid dienone is 1. The zero-order chi connectivity index (χ0) is 11.8. The van der Waals surface area contributed by atoms with E-state index in [-0.39, 0.29) is 9.15 Å². The van der Waals surface area contributed by atoms with Crippen LogP contribution in [0.25, 0.3) is 0 Å². The van der Waals surface area contributed by atoms with Crippen LogP contribution < -0.4 is 5.73 Å². The van der Waals surface area contributed by atoms with Gasteiger partial charge in [-0.3, -0.25) is 4.90 Å². The second-order valence-corrected chi connectivity index (χ2v) is 5.13. The van der Waals surface area contributed by atoms with Crippen molar-refractivity contribution >= 4 is 57.8 Å². The summed E-state index contributed by atoms with van der Waals surface area (Å²) in [5.41, 5.74) is 4.67. The molecule has 0 bridgehead atoms. The molecular weight excluding hydrogens is 358 g/mol. The number of nitrogens with zero attached hydrogens (tertiary/aromatic N) is 1. The lowest BCUT2D eigenvalue weighted by molar-refractivity contribution is -0.132. The van der Waals surface area contributed by atoms with Crippen molar-refractivity contribution in [2.24, 2.45) is 5.73 Å². The van der Waals surface area contributed by atoms with Gasteiger partial charge in [0.15, 0.2) is 4.33 Å². The predicted octanol–water partition coefficient (Wildman–Crippen LogP) is 1.80. The number of primary amides is 1. The molecule has 15 heavy (non-hydrogen) atoms. The number of amides is 2. The Morgan fingerprint density at radius 1 is 1.47 bits per heavy atom. The van der Waals surface area contributed by atoms with Crippen LogP contribution >= 0.6 is 45.8 Å². The fourth-order valence-corrected chi connectivity index (χ4v) is 1.85. The van der Waals surface area contributed by atoms with Gasteiger partial charge in [-0.2, -0.15) is 0 Å². The first-order chi connectivity index (χ1) is 6.76. The molecule has 1 aliphatic heterocycles. The Hall–Kier alpha value is -0.470. The summed E-state index contributed by atoms with van der Waals surface area (Å²) in [6.45, 7) is 0. The molecule has 0 aromatic rings. The maximum Gasteiger partial charge on any atom is 0.336 e. The third-order valence-electron chi connectivity index (χ3n) is 1.64. The predicted molar refractivity (Wildman–Crippen MR) is 63.7 cm³/mol. The van der Waals surface area contributed by atoms with Gasteiger partial charge in [-0.25, -0.2) is 9.59 Å². The van der Waals surface area contributed by atoms with Crippen molar-refractivity contribution in [3.63, 3.8) is 0 Å². The SMILES string of the molecule is NC(=O)N1C=C(I)C(Cl)(Cl)C(C(=O)O)=C1. The minimum absolute atomic E-state index is 0.280. The summed E-state index contributed by atoms with van der Waals surface area (Å²) in [5, 5.41) is 8.84. The Balaban J connectivity index is 3.22. The molecule has 0 aromatic carbocycles. The highest BCUT2D eigenvalue weighted by atomic mass is 127. The molecule has 0 fully saturated rings. The Kier molecular flexibility index (Phi) is 3.51. The molecule has 0 unspecified atom stereocenters. The van der Waals surface area contributed by atoms with E-state index in [0.717, 1.165) is 11.1 Å². The zero-order valence-corrected chi connectivity index (χ0v) is 10.7. The van der Waals surface area contributed by atoms with Crippen LogP contribution in [0.4, 0.5) is 4.79 Å². The largest absolute Gasteiger partial charge is 0.478 e. The van der Waals surface area contributed by atoms with Crippen molar-refractivity contribution in [3.05, 3.63) is 21.6 Å². The smallest absolute Gasteiger partial charge is 0.336 e. The molecule has 82 valence electrons. The Bertz CT molecular complexity index is 392. The summed E-state index contributed by atoms with van der Waals surface area (Å²) in [5.74, 6) is -1.31. The number of rotatable bonds is 1. The molecule has 0 saturated heterocycles. The second kappa shape index (κ2) is 4.18. The molecule has 0 radical (unpaired) electrons. The molecule has 1 heterocycles. The number of alkyl halides is 2. The summed E-state index contributed by atoms with van der Waals surface area (Å²) in [7, 11) is 0. The standard InChI is InChI=1S/C7H5Cl2IN2O3/c8-7(9)3(5(13)14)1-12(6(11)15)2-4(7)10/h1-2H,(H2,11,15)(H,13,14). The molecule has 8 heteroatoms. The van der Waals surface area contributed by atoms with Gasteiger partial charge in [0.25, 0.3) is 0 Å². The summed E-state index contributed by atoms with van der Waals surface area (Å²) in [6, 6.07) is -0.813. The number of hydrogen-bond donors (Lipinski definition) is 2. The van der Waals surface area contributed by atoms with Gasteiger partial charge in [0, 0.05) is 16.0 Å².